The molecule has 0 aliphatic carbocycles. The second-order valence-electron chi connectivity index (χ2n) is 3.86. The largest absolute Gasteiger partial charge is 0.368 e. The number of nitrogens with one attached hydrogen (secondary N) is 1. The van der Waals surface area contributed by atoms with Gasteiger partial charge in [0.05, 0.1) is 17.9 Å². The van der Waals surface area contributed by atoms with E-state index in [1.54, 1.807) is 24.3 Å². The predicted molar refractivity (Wildman–Crippen MR) is 65.8 cm³/mol. The summed E-state index contributed by atoms with van der Waals surface area (Å²) >= 11 is 0. The van der Waals surface area contributed by atoms with Gasteiger partial charge in [-0.1, -0.05) is 12.1 Å². The van der Waals surface area contributed by atoms with Crippen molar-refractivity contribution in [2.24, 2.45) is 5.73 Å². The van der Waals surface area contributed by atoms with Gasteiger partial charge in [-0.3, -0.25) is 4.79 Å². The molecular formula is C11H13N3O3S. The van der Waals surface area contributed by atoms with E-state index < -0.39 is 22.0 Å². The lowest BCUT2D eigenvalue weighted by Gasteiger charge is -2.13. The Kier molecular flexibility index (Phi) is 4.42. The van der Waals surface area contributed by atoms with E-state index in [9.17, 15) is 13.2 Å². The van der Waals surface area contributed by atoms with E-state index in [-0.39, 0.29) is 6.42 Å². The van der Waals surface area contributed by atoms with E-state index in [0.717, 1.165) is 6.26 Å². The van der Waals surface area contributed by atoms with Crippen LogP contribution in [0.2, 0.25) is 0 Å². The Morgan fingerprint density at radius 3 is 2.72 bits per heavy atom. The maximum Gasteiger partial charge on any atom is 0.235 e. The lowest BCUT2D eigenvalue weighted by molar-refractivity contribution is -0.119. The summed E-state index contributed by atoms with van der Waals surface area (Å²) in [5.74, 6) is -0.761. The van der Waals surface area contributed by atoms with E-state index in [1.165, 1.54) is 0 Å². The molecule has 0 aliphatic heterocycles. The molecule has 0 aliphatic rings. The number of primary amides is 1. The van der Waals surface area contributed by atoms with Gasteiger partial charge in [0.2, 0.25) is 15.9 Å². The zero-order valence-corrected chi connectivity index (χ0v) is 10.6. The number of nitrogens with two attached hydrogens (primary N) is 1. The van der Waals surface area contributed by atoms with Crippen LogP contribution >= 0.6 is 0 Å². The summed E-state index contributed by atoms with van der Waals surface area (Å²) in [5, 5.41) is 8.74. The maximum atomic E-state index is 11.2. The molecule has 0 saturated heterocycles. The molecule has 0 bridgehead atoms. The Hall–Kier alpha value is -1.91. The molecule has 0 unspecified atom stereocenters. The fraction of sp³-hybridized carbons (Fsp3) is 0.273. The quantitative estimate of drug-likeness (QED) is 0.748. The molecular weight excluding hydrogens is 254 g/mol. The molecule has 96 valence electrons. The van der Waals surface area contributed by atoms with Crippen molar-refractivity contribution in [3.05, 3.63) is 35.4 Å². The molecule has 18 heavy (non-hydrogen) atoms. The molecule has 0 spiro atoms. The fourth-order valence-electron chi connectivity index (χ4n) is 1.46. The highest BCUT2D eigenvalue weighted by atomic mass is 32.2. The summed E-state index contributed by atoms with van der Waals surface area (Å²) in [5.41, 5.74) is 6.23. The summed E-state index contributed by atoms with van der Waals surface area (Å²) in [6.07, 6.45) is 1.06. The summed E-state index contributed by atoms with van der Waals surface area (Å²) < 4.78 is 24.3. The van der Waals surface area contributed by atoms with Gasteiger partial charge in [0, 0.05) is 0 Å². The molecule has 0 fully saturated rings. The molecule has 0 radical (unpaired) electrons. The van der Waals surface area contributed by atoms with E-state index >= 15 is 0 Å². The predicted octanol–water partition coefficient (Wildman–Crippen LogP) is -0.496. The van der Waals surface area contributed by atoms with Crippen LogP contribution in [0.15, 0.2) is 24.3 Å². The van der Waals surface area contributed by atoms with Crippen molar-refractivity contribution in [1.29, 1.82) is 5.26 Å². The van der Waals surface area contributed by atoms with Crippen molar-refractivity contribution in [1.82, 2.24) is 4.72 Å². The lowest BCUT2D eigenvalue weighted by atomic mass is 10.0. The average molecular weight is 267 g/mol. The molecule has 3 N–H and O–H groups in total. The van der Waals surface area contributed by atoms with Crippen molar-refractivity contribution in [2.75, 3.05) is 6.26 Å². The number of carbonyl (C=O) groups excluding carboxylic acids is 1. The zero-order valence-electron chi connectivity index (χ0n) is 9.75. The van der Waals surface area contributed by atoms with E-state index in [1.807, 2.05) is 6.07 Å². The van der Waals surface area contributed by atoms with Crippen LogP contribution in [0.4, 0.5) is 0 Å². The number of benzene rings is 1. The molecule has 1 atom stereocenters. The first-order valence-corrected chi connectivity index (χ1v) is 6.96. The average Bonchev–Trinajstić information content (AvgIpc) is 2.26. The van der Waals surface area contributed by atoms with Crippen LogP contribution in [0.1, 0.15) is 11.1 Å². The monoisotopic (exact) mass is 267 g/mol. The van der Waals surface area contributed by atoms with E-state index in [0.29, 0.717) is 11.1 Å². The molecule has 7 heteroatoms. The molecule has 0 heterocycles. The topological polar surface area (TPSA) is 113 Å². The summed E-state index contributed by atoms with van der Waals surface area (Å²) in [7, 11) is -3.52. The molecule has 6 nitrogen and oxygen atoms in total. The van der Waals surface area contributed by atoms with Gasteiger partial charge in [-0.2, -0.15) is 5.26 Å². The smallest absolute Gasteiger partial charge is 0.235 e. The first-order valence-electron chi connectivity index (χ1n) is 5.07. The Balaban J connectivity index is 2.90. The number of sulfonamides is 1. The van der Waals surface area contributed by atoms with Crippen molar-refractivity contribution in [2.45, 2.75) is 12.5 Å². The van der Waals surface area contributed by atoms with Crippen LogP contribution in [-0.4, -0.2) is 26.6 Å². The first kappa shape index (κ1) is 14.2. The fourth-order valence-corrected chi connectivity index (χ4v) is 2.18. The normalized spacial score (nSPS) is 12.7. The standard InChI is InChI=1S/C11H13N3O3S/c1-18(16,17)14-10(11(13)15)6-8-3-2-4-9(5-8)7-12/h2-5,10,14H,6H2,1H3,(H2,13,15)/t10-/m0/s1. The highest BCUT2D eigenvalue weighted by Gasteiger charge is 2.19. The van der Waals surface area contributed by atoms with Crippen LogP contribution < -0.4 is 10.5 Å². The second kappa shape index (κ2) is 5.62. The summed E-state index contributed by atoms with van der Waals surface area (Å²) in [4.78, 5) is 11.2. The van der Waals surface area contributed by atoms with Crippen LogP contribution in [-0.2, 0) is 21.2 Å². The van der Waals surface area contributed by atoms with Gasteiger partial charge in [0.15, 0.2) is 0 Å². The van der Waals surface area contributed by atoms with Gasteiger partial charge >= 0.3 is 0 Å². The summed E-state index contributed by atoms with van der Waals surface area (Å²) in [6.45, 7) is 0. The second-order valence-corrected chi connectivity index (χ2v) is 5.64. The number of nitrogens with zero attached hydrogens (tertiary/aromatic N) is 1. The molecule has 1 aromatic carbocycles. The van der Waals surface area contributed by atoms with Gasteiger partial charge in [0.1, 0.15) is 6.04 Å². The van der Waals surface area contributed by atoms with E-state index in [2.05, 4.69) is 4.72 Å². The van der Waals surface area contributed by atoms with Gasteiger partial charge in [0.25, 0.3) is 0 Å². The third-order valence-electron chi connectivity index (χ3n) is 2.20. The Bertz CT molecular complexity index is 590. The van der Waals surface area contributed by atoms with Gasteiger partial charge < -0.3 is 5.73 Å². The van der Waals surface area contributed by atoms with E-state index in [4.69, 9.17) is 11.0 Å². The Labute approximate surface area is 105 Å². The van der Waals surface area contributed by atoms with Crippen molar-refractivity contribution in [3.8, 4) is 6.07 Å². The van der Waals surface area contributed by atoms with Crippen LogP contribution in [0, 0.1) is 11.3 Å². The first-order chi connectivity index (χ1) is 8.31. The SMILES string of the molecule is CS(=O)(=O)N[C@@H](Cc1cccc(C#N)c1)C(N)=O. The zero-order chi connectivity index (χ0) is 13.8. The third kappa shape index (κ3) is 4.53. The van der Waals surface area contributed by atoms with Gasteiger partial charge in [-0.25, -0.2) is 13.1 Å². The van der Waals surface area contributed by atoms with Gasteiger partial charge in [-0.05, 0) is 24.1 Å². The number of carbonyl (C=O) groups is 1. The number of hydrogen-bond acceptors (Lipinski definition) is 4. The Morgan fingerprint density at radius 2 is 2.22 bits per heavy atom. The minimum Gasteiger partial charge on any atom is -0.368 e. The number of hydrogen-bond donors (Lipinski definition) is 2. The molecule has 0 aromatic heterocycles. The minimum absolute atomic E-state index is 0.109. The highest BCUT2D eigenvalue weighted by Crippen LogP contribution is 2.07. The highest BCUT2D eigenvalue weighted by molar-refractivity contribution is 7.88. The minimum atomic E-state index is -3.52. The van der Waals surface area contributed by atoms with Crippen molar-refractivity contribution in [3.63, 3.8) is 0 Å². The van der Waals surface area contributed by atoms with Crippen LogP contribution in [0.25, 0.3) is 0 Å². The summed E-state index contributed by atoms with van der Waals surface area (Å²) in [6, 6.07) is 7.50. The molecule has 0 saturated carbocycles. The van der Waals surface area contributed by atoms with Gasteiger partial charge in [-0.15, -0.1) is 0 Å². The number of amides is 1. The maximum absolute atomic E-state index is 11.2. The van der Waals surface area contributed by atoms with Crippen LogP contribution in [0.3, 0.4) is 0 Å². The molecule has 1 amide bonds. The van der Waals surface area contributed by atoms with Crippen molar-refractivity contribution < 1.29 is 13.2 Å². The Morgan fingerprint density at radius 1 is 1.56 bits per heavy atom. The van der Waals surface area contributed by atoms with Crippen molar-refractivity contribution >= 4 is 15.9 Å². The lowest BCUT2D eigenvalue weighted by Crippen LogP contribution is -2.45. The molecule has 1 rings (SSSR count). The number of nitriles is 1. The third-order valence-corrected chi connectivity index (χ3v) is 2.91. The van der Waals surface area contributed by atoms with Crippen LogP contribution in [0.5, 0.6) is 0 Å². The molecule has 1 aromatic rings. The number of rotatable bonds is 5.